The molecule has 1 aliphatic carbocycles. The van der Waals surface area contributed by atoms with Crippen molar-refractivity contribution in [1.82, 2.24) is 0 Å². The lowest BCUT2D eigenvalue weighted by molar-refractivity contribution is -0.122. The molecule has 1 aliphatic rings. The highest BCUT2D eigenvalue weighted by Gasteiger charge is 2.26. The van der Waals surface area contributed by atoms with Gasteiger partial charge in [0.15, 0.2) is 6.10 Å². The van der Waals surface area contributed by atoms with Crippen LogP contribution in [0.3, 0.4) is 0 Å². The molecule has 0 saturated carbocycles. The second kappa shape index (κ2) is 7.05. The van der Waals surface area contributed by atoms with Gasteiger partial charge in [0.25, 0.3) is 11.8 Å². The van der Waals surface area contributed by atoms with Crippen molar-refractivity contribution in [3.05, 3.63) is 46.3 Å². The molecule has 0 unspecified atom stereocenters. The number of hydrogen-bond donors (Lipinski definition) is 2. The summed E-state index contributed by atoms with van der Waals surface area (Å²) in [6.07, 6.45) is 3.26. The molecule has 0 radical (unpaired) electrons. The number of rotatable bonds is 5. The van der Waals surface area contributed by atoms with E-state index in [0.29, 0.717) is 16.3 Å². The normalized spacial score (nSPS) is 14.5. The van der Waals surface area contributed by atoms with Crippen LogP contribution in [0.5, 0.6) is 5.75 Å². The van der Waals surface area contributed by atoms with E-state index in [4.69, 9.17) is 10.5 Å². The average molecular weight is 344 g/mol. The van der Waals surface area contributed by atoms with Crippen molar-refractivity contribution in [1.29, 1.82) is 0 Å². The van der Waals surface area contributed by atoms with Crippen LogP contribution in [0.2, 0.25) is 0 Å². The number of fused-ring (bicyclic) bond motifs is 1. The van der Waals surface area contributed by atoms with Crippen molar-refractivity contribution in [2.45, 2.75) is 38.7 Å². The highest BCUT2D eigenvalue weighted by molar-refractivity contribution is 7.17. The minimum atomic E-state index is -0.674. The van der Waals surface area contributed by atoms with Gasteiger partial charge in [-0.15, -0.1) is 11.3 Å². The van der Waals surface area contributed by atoms with Crippen molar-refractivity contribution in [2.24, 2.45) is 5.73 Å². The van der Waals surface area contributed by atoms with Gasteiger partial charge in [0.1, 0.15) is 10.8 Å². The van der Waals surface area contributed by atoms with Crippen LogP contribution in [0.4, 0.5) is 5.00 Å². The number of nitrogens with two attached hydrogens (primary N) is 1. The molecule has 5 nitrogen and oxygen atoms in total. The fraction of sp³-hybridized carbons (Fsp3) is 0.333. The third-order valence-corrected chi connectivity index (χ3v) is 5.29. The minimum Gasteiger partial charge on any atom is -0.481 e. The first-order chi connectivity index (χ1) is 11.6. The van der Waals surface area contributed by atoms with Crippen LogP contribution in [0.15, 0.2) is 30.3 Å². The number of carbonyl (C=O) groups is 2. The number of ether oxygens (including phenoxy) is 1. The molecule has 1 aromatic heterocycles. The minimum absolute atomic E-state index is 0.292. The van der Waals surface area contributed by atoms with Gasteiger partial charge in [-0.05, 0) is 50.3 Å². The summed E-state index contributed by atoms with van der Waals surface area (Å²) < 4.78 is 5.63. The quantitative estimate of drug-likeness (QED) is 0.874. The summed E-state index contributed by atoms with van der Waals surface area (Å²) in [4.78, 5) is 25.4. The van der Waals surface area contributed by atoms with Crippen LogP contribution in [-0.4, -0.2) is 17.9 Å². The number of nitrogens with one attached hydrogen (secondary N) is 1. The van der Waals surface area contributed by atoms with E-state index in [0.717, 1.165) is 36.1 Å². The van der Waals surface area contributed by atoms with E-state index in [9.17, 15) is 9.59 Å². The Balaban J connectivity index is 1.76. The first-order valence-corrected chi connectivity index (χ1v) is 8.85. The summed E-state index contributed by atoms with van der Waals surface area (Å²) in [5.41, 5.74) is 7.02. The van der Waals surface area contributed by atoms with Crippen LogP contribution >= 0.6 is 11.3 Å². The van der Waals surface area contributed by atoms with E-state index < -0.39 is 12.0 Å². The Morgan fingerprint density at radius 3 is 2.62 bits per heavy atom. The highest BCUT2D eigenvalue weighted by Crippen LogP contribution is 2.38. The standard InChI is InChI=1S/C18H20N2O3S/c1-11(23-12-7-3-2-4-8-12)17(22)20-18-15(16(19)21)13-9-5-6-10-14(13)24-18/h2-4,7-8,11H,5-6,9-10H2,1H3,(H2,19,21)(H,20,22)/t11-/m0/s1. The summed E-state index contributed by atoms with van der Waals surface area (Å²) in [6.45, 7) is 1.68. The zero-order valence-corrected chi connectivity index (χ0v) is 14.3. The lowest BCUT2D eigenvalue weighted by Gasteiger charge is -2.14. The first kappa shape index (κ1) is 16.5. The molecule has 24 heavy (non-hydrogen) atoms. The molecule has 2 amide bonds. The van der Waals surface area contributed by atoms with Crippen LogP contribution < -0.4 is 15.8 Å². The van der Waals surface area contributed by atoms with Gasteiger partial charge < -0.3 is 15.8 Å². The molecule has 0 aliphatic heterocycles. The number of carbonyl (C=O) groups excluding carboxylic acids is 2. The molecule has 0 bridgehead atoms. The van der Waals surface area contributed by atoms with Gasteiger partial charge in [-0.1, -0.05) is 18.2 Å². The predicted octanol–water partition coefficient (Wildman–Crippen LogP) is 3.13. The topological polar surface area (TPSA) is 81.4 Å². The number of amides is 2. The maximum Gasteiger partial charge on any atom is 0.265 e. The second-order valence-corrected chi connectivity index (χ2v) is 6.95. The summed E-state index contributed by atoms with van der Waals surface area (Å²) in [5.74, 6) is -0.151. The molecule has 2 aromatic rings. The maximum absolute atomic E-state index is 12.4. The van der Waals surface area contributed by atoms with Crippen LogP contribution in [-0.2, 0) is 17.6 Å². The third-order valence-electron chi connectivity index (χ3n) is 4.08. The number of thiophene rings is 1. The second-order valence-electron chi connectivity index (χ2n) is 5.84. The lowest BCUT2D eigenvalue weighted by atomic mass is 9.95. The van der Waals surface area contributed by atoms with E-state index >= 15 is 0 Å². The number of primary amides is 1. The first-order valence-electron chi connectivity index (χ1n) is 8.03. The van der Waals surface area contributed by atoms with Gasteiger partial charge in [-0.3, -0.25) is 9.59 Å². The van der Waals surface area contributed by atoms with Gasteiger partial charge >= 0.3 is 0 Å². The molecule has 1 aromatic carbocycles. The molecule has 0 saturated heterocycles. The Morgan fingerprint density at radius 1 is 1.21 bits per heavy atom. The molecule has 3 rings (SSSR count). The van der Waals surface area contributed by atoms with Crippen LogP contribution in [0, 0.1) is 0 Å². The van der Waals surface area contributed by atoms with Gasteiger partial charge in [0.2, 0.25) is 0 Å². The zero-order chi connectivity index (χ0) is 17.1. The largest absolute Gasteiger partial charge is 0.481 e. The van der Waals surface area contributed by atoms with Crippen molar-refractivity contribution in [3.8, 4) is 5.75 Å². The number of aryl methyl sites for hydroxylation is 1. The Labute approximate surface area is 144 Å². The average Bonchev–Trinajstić information content (AvgIpc) is 2.93. The Hall–Kier alpha value is -2.34. The zero-order valence-electron chi connectivity index (χ0n) is 13.5. The van der Waals surface area contributed by atoms with Gasteiger partial charge in [0, 0.05) is 4.88 Å². The molecule has 3 N–H and O–H groups in total. The molecule has 6 heteroatoms. The van der Waals surface area contributed by atoms with Crippen molar-refractivity contribution >= 4 is 28.2 Å². The summed E-state index contributed by atoms with van der Waals surface area (Å²) in [6, 6.07) is 9.16. The molecule has 1 heterocycles. The van der Waals surface area contributed by atoms with Gasteiger partial charge in [0.05, 0.1) is 5.56 Å². The number of benzene rings is 1. The summed E-state index contributed by atoms with van der Waals surface area (Å²) in [5, 5.41) is 3.37. The lowest BCUT2D eigenvalue weighted by Crippen LogP contribution is -2.30. The SMILES string of the molecule is C[C@H](Oc1ccccc1)C(=O)Nc1sc2c(c1C(N)=O)CCCC2. The van der Waals surface area contributed by atoms with Gasteiger partial charge in [-0.2, -0.15) is 0 Å². The van der Waals surface area contributed by atoms with Crippen LogP contribution in [0.1, 0.15) is 40.6 Å². The molecular formula is C18H20N2O3S. The fourth-order valence-corrected chi connectivity index (χ4v) is 4.18. The highest BCUT2D eigenvalue weighted by atomic mass is 32.1. The smallest absolute Gasteiger partial charge is 0.265 e. The van der Waals surface area contributed by atoms with Crippen molar-refractivity contribution in [2.75, 3.05) is 5.32 Å². The number of hydrogen-bond acceptors (Lipinski definition) is 4. The Bertz CT molecular complexity index is 755. The maximum atomic E-state index is 12.4. The van der Waals surface area contributed by atoms with E-state index in [1.807, 2.05) is 18.2 Å². The van der Waals surface area contributed by atoms with E-state index in [1.165, 1.54) is 11.3 Å². The molecule has 0 fully saturated rings. The Kier molecular flexibility index (Phi) is 4.85. The van der Waals surface area contributed by atoms with E-state index in [2.05, 4.69) is 5.32 Å². The number of anilines is 1. The Morgan fingerprint density at radius 2 is 1.92 bits per heavy atom. The fourth-order valence-electron chi connectivity index (χ4n) is 2.88. The van der Waals surface area contributed by atoms with Gasteiger partial charge in [-0.25, -0.2) is 0 Å². The van der Waals surface area contributed by atoms with Crippen molar-refractivity contribution < 1.29 is 14.3 Å². The third kappa shape index (κ3) is 3.43. The molecule has 0 spiro atoms. The predicted molar refractivity (Wildman–Crippen MR) is 94.6 cm³/mol. The number of para-hydroxylation sites is 1. The van der Waals surface area contributed by atoms with E-state index in [-0.39, 0.29) is 5.91 Å². The van der Waals surface area contributed by atoms with Crippen LogP contribution in [0.25, 0.3) is 0 Å². The molecule has 1 atom stereocenters. The van der Waals surface area contributed by atoms with E-state index in [1.54, 1.807) is 19.1 Å². The molecule has 126 valence electrons. The molecular weight excluding hydrogens is 324 g/mol. The summed E-state index contributed by atoms with van der Waals surface area (Å²) >= 11 is 1.45. The monoisotopic (exact) mass is 344 g/mol. The summed E-state index contributed by atoms with van der Waals surface area (Å²) in [7, 11) is 0. The van der Waals surface area contributed by atoms with Crippen molar-refractivity contribution in [3.63, 3.8) is 0 Å².